The van der Waals surface area contributed by atoms with Gasteiger partial charge in [-0.3, -0.25) is 0 Å². The van der Waals surface area contributed by atoms with Crippen molar-refractivity contribution in [1.29, 1.82) is 5.26 Å². The van der Waals surface area contributed by atoms with Crippen molar-refractivity contribution >= 4 is 22.0 Å². The fourth-order valence-corrected chi connectivity index (χ4v) is 2.47. The zero-order chi connectivity index (χ0) is 15.9. The Labute approximate surface area is 136 Å². The van der Waals surface area contributed by atoms with Crippen LogP contribution < -0.4 is 9.47 Å². The van der Waals surface area contributed by atoms with Gasteiger partial charge in [0.15, 0.2) is 11.5 Å². The van der Waals surface area contributed by atoms with Crippen molar-refractivity contribution in [3.63, 3.8) is 0 Å². The average Bonchev–Trinajstić information content (AvgIpc) is 2.51. The summed E-state index contributed by atoms with van der Waals surface area (Å²) in [6.07, 6.45) is 3.05. The van der Waals surface area contributed by atoms with Crippen molar-refractivity contribution in [1.82, 2.24) is 0 Å². The molecule has 0 aliphatic heterocycles. The molecule has 0 amide bonds. The quantitative estimate of drug-likeness (QED) is 0.724. The minimum Gasteiger partial charge on any atom is -0.493 e. The van der Waals surface area contributed by atoms with Gasteiger partial charge in [-0.25, -0.2) is 4.39 Å². The van der Waals surface area contributed by atoms with Gasteiger partial charge < -0.3 is 9.47 Å². The zero-order valence-corrected chi connectivity index (χ0v) is 13.4. The Kier molecular flexibility index (Phi) is 5.56. The monoisotopic (exact) mass is 361 g/mol. The average molecular weight is 362 g/mol. The van der Waals surface area contributed by atoms with Crippen LogP contribution in [0, 0.1) is 17.1 Å². The number of allylic oxidation sites excluding steroid dienone is 1. The van der Waals surface area contributed by atoms with Crippen molar-refractivity contribution in [2.45, 2.75) is 6.61 Å². The molecular weight excluding hydrogens is 349 g/mol. The lowest BCUT2D eigenvalue weighted by Gasteiger charge is -2.13. The summed E-state index contributed by atoms with van der Waals surface area (Å²) in [7, 11) is 1.54. The van der Waals surface area contributed by atoms with E-state index in [2.05, 4.69) is 15.9 Å². The smallest absolute Gasteiger partial charge is 0.175 e. The number of hydrogen-bond acceptors (Lipinski definition) is 3. The third-order valence-corrected chi connectivity index (χ3v) is 3.46. The predicted octanol–water partition coefficient (Wildman–Crippen LogP) is 4.71. The Balaban J connectivity index is 2.23. The van der Waals surface area contributed by atoms with E-state index in [9.17, 15) is 4.39 Å². The molecule has 0 saturated carbocycles. The third-order valence-electron chi connectivity index (χ3n) is 2.87. The van der Waals surface area contributed by atoms with E-state index in [1.165, 1.54) is 25.3 Å². The number of benzene rings is 2. The van der Waals surface area contributed by atoms with Gasteiger partial charge in [-0.1, -0.05) is 12.1 Å². The number of halogens is 2. The van der Waals surface area contributed by atoms with Crippen molar-refractivity contribution < 1.29 is 13.9 Å². The van der Waals surface area contributed by atoms with Crippen molar-refractivity contribution in [2.24, 2.45) is 0 Å². The van der Waals surface area contributed by atoms with Crippen LogP contribution in [0.3, 0.4) is 0 Å². The van der Waals surface area contributed by atoms with Gasteiger partial charge in [-0.05, 0) is 57.4 Å². The molecule has 3 nitrogen and oxygen atoms in total. The van der Waals surface area contributed by atoms with Crippen LogP contribution in [0.1, 0.15) is 11.1 Å². The van der Waals surface area contributed by atoms with E-state index in [0.29, 0.717) is 16.0 Å². The van der Waals surface area contributed by atoms with Gasteiger partial charge in [0.2, 0.25) is 0 Å². The minimum atomic E-state index is -0.302. The molecule has 2 aromatic carbocycles. The molecule has 0 unspecified atom stereocenters. The molecule has 2 rings (SSSR count). The molecule has 0 fully saturated rings. The maximum Gasteiger partial charge on any atom is 0.175 e. The molecule has 0 aromatic heterocycles. The van der Waals surface area contributed by atoms with Crippen LogP contribution in [0.2, 0.25) is 0 Å². The predicted molar refractivity (Wildman–Crippen MR) is 86.1 cm³/mol. The van der Waals surface area contributed by atoms with Crippen molar-refractivity contribution in [2.75, 3.05) is 7.11 Å². The molecular formula is C17H13BrFNO2. The molecule has 0 radical (unpaired) electrons. The molecule has 0 spiro atoms. The summed E-state index contributed by atoms with van der Waals surface area (Å²) in [5.41, 5.74) is 1.53. The van der Waals surface area contributed by atoms with Crippen LogP contribution in [-0.4, -0.2) is 7.11 Å². The van der Waals surface area contributed by atoms with Gasteiger partial charge >= 0.3 is 0 Å². The maximum atomic E-state index is 13.2. The third kappa shape index (κ3) is 4.09. The van der Waals surface area contributed by atoms with Crippen LogP contribution >= 0.6 is 15.9 Å². The minimum absolute atomic E-state index is 0.222. The number of nitriles is 1. The van der Waals surface area contributed by atoms with Gasteiger partial charge in [-0.2, -0.15) is 5.26 Å². The summed E-state index contributed by atoms with van der Waals surface area (Å²) in [6.45, 7) is 0.222. The van der Waals surface area contributed by atoms with E-state index in [1.54, 1.807) is 24.3 Å². The summed E-state index contributed by atoms with van der Waals surface area (Å²) in [6, 6.07) is 11.7. The first-order chi connectivity index (χ1) is 10.6. The highest BCUT2D eigenvalue weighted by atomic mass is 79.9. The van der Waals surface area contributed by atoms with Gasteiger partial charge in [0.05, 0.1) is 17.7 Å². The first-order valence-corrected chi connectivity index (χ1v) is 7.24. The molecule has 0 N–H and O–H groups in total. The van der Waals surface area contributed by atoms with Gasteiger partial charge in [0.1, 0.15) is 12.4 Å². The van der Waals surface area contributed by atoms with Crippen LogP contribution in [-0.2, 0) is 6.61 Å². The Bertz CT molecular complexity index is 738. The van der Waals surface area contributed by atoms with Gasteiger partial charge in [0.25, 0.3) is 0 Å². The van der Waals surface area contributed by atoms with Crippen LogP contribution in [0.4, 0.5) is 4.39 Å². The summed E-state index contributed by atoms with van der Waals surface area (Å²) >= 11 is 3.42. The van der Waals surface area contributed by atoms with E-state index >= 15 is 0 Å². The normalized spacial score (nSPS) is 10.5. The maximum absolute atomic E-state index is 13.2. The second-order valence-corrected chi connectivity index (χ2v) is 5.27. The summed E-state index contributed by atoms with van der Waals surface area (Å²) in [5.74, 6) is 0.758. The van der Waals surface area contributed by atoms with E-state index < -0.39 is 0 Å². The lowest BCUT2D eigenvalue weighted by atomic mass is 10.2. The van der Waals surface area contributed by atoms with E-state index in [4.69, 9.17) is 14.7 Å². The molecule has 5 heteroatoms. The van der Waals surface area contributed by atoms with Crippen LogP contribution in [0.5, 0.6) is 11.5 Å². The van der Waals surface area contributed by atoms with Crippen molar-refractivity contribution in [3.05, 3.63) is 63.9 Å². The van der Waals surface area contributed by atoms with E-state index in [1.807, 2.05) is 12.1 Å². The fourth-order valence-electron chi connectivity index (χ4n) is 1.89. The molecule has 0 bridgehead atoms. The van der Waals surface area contributed by atoms with Crippen LogP contribution in [0.15, 0.2) is 46.9 Å². The largest absolute Gasteiger partial charge is 0.493 e. The number of rotatable bonds is 5. The SMILES string of the molecule is COc1cc(C=CC#N)cc(Br)c1OCc1cccc(F)c1. The first kappa shape index (κ1) is 16.1. The van der Waals surface area contributed by atoms with Crippen molar-refractivity contribution in [3.8, 4) is 17.6 Å². The van der Waals surface area contributed by atoms with Crippen LogP contribution in [0.25, 0.3) is 6.08 Å². The van der Waals surface area contributed by atoms with E-state index in [-0.39, 0.29) is 12.4 Å². The topological polar surface area (TPSA) is 42.2 Å². The molecule has 0 saturated heterocycles. The number of hydrogen-bond donors (Lipinski definition) is 0. The Morgan fingerprint density at radius 2 is 2.14 bits per heavy atom. The number of nitrogens with zero attached hydrogens (tertiary/aromatic N) is 1. The lowest BCUT2D eigenvalue weighted by molar-refractivity contribution is 0.282. The summed E-state index contributed by atoms with van der Waals surface area (Å²) < 4.78 is 24.9. The Morgan fingerprint density at radius 3 is 2.82 bits per heavy atom. The molecule has 22 heavy (non-hydrogen) atoms. The Hall–Kier alpha value is -2.32. The lowest BCUT2D eigenvalue weighted by Crippen LogP contribution is -1.99. The highest BCUT2D eigenvalue weighted by Crippen LogP contribution is 2.37. The highest BCUT2D eigenvalue weighted by molar-refractivity contribution is 9.10. The molecule has 0 aliphatic carbocycles. The second-order valence-electron chi connectivity index (χ2n) is 4.42. The molecule has 2 aromatic rings. The molecule has 0 heterocycles. The van der Waals surface area contributed by atoms with Gasteiger partial charge in [0, 0.05) is 6.08 Å². The van der Waals surface area contributed by atoms with E-state index in [0.717, 1.165) is 11.1 Å². The highest BCUT2D eigenvalue weighted by Gasteiger charge is 2.11. The first-order valence-electron chi connectivity index (χ1n) is 6.45. The Morgan fingerprint density at radius 1 is 1.32 bits per heavy atom. The standard InChI is InChI=1S/C17H13BrFNO2/c1-21-16-10-12(5-3-7-20)9-15(18)17(16)22-11-13-4-2-6-14(19)8-13/h2-6,8-10H,11H2,1H3. The summed E-state index contributed by atoms with van der Waals surface area (Å²) in [4.78, 5) is 0. The second kappa shape index (κ2) is 7.62. The number of methoxy groups -OCH3 is 1. The summed E-state index contributed by atoms with van der Waals surface area (Å²) in [5, 5.41) is 8.58. The number of ether oxygens (including phenoxy) is 2. The van der Waals surface area contributed by atoms with Gasteiger partial charge in [-0.15, -0.1) is 0 Å². The fraction of sp³-hybridized carbons (Fsp3) is 0.118. The molecule has 0 atom stereocenters. The molecule has 112 valence electrons. The zero-order valence-electron chi connectivity index (χ0n) is 11.8. The molecule has 0 aliphatic rings.